The molecule has 272 valence electrons. The number of ether oxygens (including phenoxy) is 1. The van der Waals surface area contributed by atoms with E-state index in [0.717, 1.165) is 10.4 Å². The normalized spacial score (nSPS) is 26.9. The van der Waals surface area contributed by atoms with Crippen LogP contribution in [0.15, 0.2) is 70.1 Å². The molecule has 2 aromatic carbocycles. The van der Waals surface area contributed by atoms with Crippen LogP contribution in [-0.4, -0.2) is 104 Å². The van der Waals surface area contributed by atoms with Gasteiger partial charge in [-0.3, -0.25) is 13.8 Å². The number of alkyl halides is 3. The van der Waals surface area contributed by atoms with Crippen LogP contribution in [0.3, 0.4) is 0 Å². The summed E-state index contributed by atoms with van der Waals surface area (Å²) in [4.78, 5) is 30.7. The van der Waals surface area contributed by atoms with Crippen LogP contribution in [0.2, 0.25) is 5.04 Å². The molecule has 3 aliphatic heterocycles. The number of hydrogen-bond acceptors (Lipinski definition) is 8. The van der Waals surface area contributed by atoms with Gasteiger partial charge in [-0.05, 0) is 22.3 Å². The number of halogens is 3. The van der Waals surface area contributed by atoms with Gasteiger partial charge in [0, 0.05) is 6.92 Å². The minimum Gasteiger partial charge on any atom is -0.458 e. The molecule has 19 heteroatoms. The molecule has 5 atom stereocenters. The maximum Gasteiger partial charge on any atom is 0.384 e. The second-order valence-corrected chi connectivity index (χ2v) is 20.9. The topological polar surface area (TPSA) is 180 Å². The molecule has 1 unspecified atom stereocenters. The minimum atomic E-state index is -4.44. The van der Waals surface area contributed by atoms with Gasteiger partial charge in [-0.25, -0.2) is 0 Å². The number of carbonyl (C=O) groups excluding carboxylic acids is 2. The van der Waals surface area contributed by atoms with Gasteiger partial charge < -0.3 is 35.1 Å². The lowest BCUT2D eigenvalue weighted by atomic mass is 9.88. The number of aliphatic hydroxyl groups excluding tert-OH is 1. The van der Waals surface area contributed by atoms with Crippen LogP contribution < -0.4 is 26.3 Å². The maximum atomic E-state index is 13.0. The molecule has 0 bridgehead atoms. The predicted molar refractivity (Wildman–Crippen MR) is 192 cm³/mol. The average Bonchev–Trinajstić information content (AvgIpc) is 3.53. The molecule has 14 nitrogen and oxygen atoms in total. The summed E-state index contributed by atoms with van der Waals surface area (Å²) < 4.78 is 44.2. The molecule has 3 heterocycles. The van der Waals surface area contributed by atoms with Gasteiger partial charge in [0.15, 0.2) is 5.66 Å². The first-order chi connectivity index (χ1) is 23.4. The Hall–Kier alpha value is -2.96. The van der Waals surface area contributed by atoms with Crippen molar-refractivity contribution in [3.63, 3.8) is 0 Å². The van der Waals surface area contributed by atoms with Crippen molar-refractivity contribution in [2.45, 2.75) is 73.4 Å². The summed E-state index contributed by atoms with van der Waals surface area (Å²) in [7, 11) is -7.61. The molecule has 2 aromatic rings. The van der Waals surface area contributed by atoms with Gasteiger partial charge in [-0.15, -0.1) is 4.40 Å². The fourth-order valence-corrected chi connectivity index (χ4v) is 12.3. The van der Waals surface area contributed by atoms with Crippen molar-refractivity contribution in [3.8, 4) is 0 Å². The summed E-state index contributed by atoms with van der Waals surface area (Å²) in [5, 5.41) is 22.7. The summed E-state index contributed by atoms with van der Waals surface area (Å²) in [5.74, 6) is -2.25. The van der Waals surface area contributed by atoms with Crippen molar-refractivity contribution in [1.29, 1.82) is 0 Å². The van der Waals surface area contributed by atoms with Crippen LogP contribution in [-0.2, 0) is 33.2 Å². The Morgan fingerprint density at radius 2 is 1.62 bits per heavy atom. The van der Waals surface area contributed by atoms with E-state index >= 15 is 0 Å². The Morgan fingerprint density at radius 3 is 2.12 bits per heavy atom. The smallest absolute Gasteiger partial charge is 0.384 e. The van der Waals surface area contributed by atoms with Gasteiger partial charge in [0.25, 0.3) is 12.1 Å². The SMILES string of the molecule is CCOS(=O)(=O)/N=C1/N[C@H]2[C@H](CO[Si](c3ccccc3)(c3ccccc3)C(C)(C)C)N/C(=N/C(=O)C(Cl)(Cl)Cl)N3C[C@H](OC(C)=O)[C@H](O)C23N1. The molecule has 0 aromatic heterocycles. The highest BCUT2D eigenvalue weighted by Crippen LogP contribution is 2.41. The second kappa shape index (κ2) is 14.2. The second-order valence-electron chi connectivity index (χ2n) is 13.0. The third-order valence-corrected chi connectivity index (χ3v) is 15.2. The summed E-state index contributed by atoms with van der Waals surface area (Å²) in [5.41, 5.74) is -1.71. The van der Waals surface area contributed by atoms with E-state index in [4.69, 9.17) is 48.1 Å². The lowest BCUT2D eigenvalue weighted by Gasteiger charge is -2.50. The number of aliphatic hydroxyl groups is 1. The standard InChI is InChI=1S/C31H39Cl3N6O8SSi/c1-6-46-49(44,45)39-27-36-24-22(18-47-50(29(3,4)5,20-13-9-7-10-14-20)21-15-11-8-12-16-21)35-28(37-26(43)31(32,33)34)40-17-23(48-19(2)41)25(42)30(24,40)38-27/h7-16,22-25,42H,6,17-18H2,1-5H3,(H,35,37,43)(H2,36,38,39)/t22-,23-,24-,25-,30?/m0/s1. The number of nitrogens with zero attached hydrogens (tertiary/aromatic N) is 3. The van der Waals surface area contributed by atoms with E-state index in [0.29, 0.717) is 0 Å². The van der Waals surface area contributed by atoms with Crippen molar-refractivity contribution in [2.75, 3.05) is 19.8 Å². The minimum absolute atomic E-state index is 0.0698. The van der Waals surface area contributed by atoms with Gasteiger partial charge in [0.05, 0.1) is 31.8 Å². The number of amides is 1. The Labute approximate surface area is 306 Å². The molecular weight excluding hydrogens is 751 g/mol. The molecule has 3 fully saturated rings. The van der Waals surface area contributed by atoms with Crippen molar-refractivity contribution < 1.29 is 36.5 Å². The van der Waals surface area contributed by atoms with E-state index in [9.17, 15) is 23.1 Å². The Kier molecular flexibility index (Phi) is 10.9. The van der Waals surface area contributed by atoms with Crippen LogP contribution in [0.25, 0.3) is 0 Å². The molecular formula is C31H39Cl3N6O8SSi. The Morgan fingerprint density at radius 1 is 1.04 bits per heavy atom. The summed E-state index contributed by atoms with van der Waals surface area (Å²) in [6.45, 7) is 8.54. The first kappa shape index (κ1) is 38.3. The summed E-state index contributed by atoms with van der Waals surface area (Å²) in [6.07, 6.45) is -2.70. The molecule has 0 saturated carbocycles. The zero-order valence-electron chi connectivity index (χ0n) is 27.9. The number of benzene rings is 2. The van der Waals surface area contributed by atoms with E-state index in [1.165, 1.54) is 18.7 Å². The largest absolute Gasteiger partial charge is 0.458 e. The Balaban J connectivity index is 1.67. The number of rotatable bonds is 9. The van der Waals surface area contributed by atoms with Gasteiger partial charge in [0.1, 0.15) is 12.2 Å². The summed E-state index contributed by atoms with van der Waals surface area (Å²) >= 11 is 17.7. The van der Waals surface area contributed by atoms with Gasteiger partial charge in [-0.1, -0.05) is 116 Å². The highest BCUT2D eigenvalue weighted by Gasteiger charge is 2.68. The third kappa shape index (κ3) is 7.21. The fraction of sp³-hybridized carbons (Fsp3) is 0.484. The summed E-state index contributed by atoms with van der Waals surface area (Å²) in [6, 6.07) is 17.9. The molecule has 1 spiro atoms. The Bertz CT molecular complexity index is 1720. The molecule has 5 rings (SSSR count). The van der Waals surface area contributed by atoms with E-state index < -0.39 is 69.3 Å². The molecule has 4 N–H and O–H groups in total. The van der Waals surface area contributed by atoms with E-state index in [1.54, 1.807) is 0 Å². The average molecular weight is 790 g/mol. The van der Waals surface area contributed by atoms with Crippen LogP contribution in [0.4, 0.5) is 0 Å². The van der Waals surface area contributed by atoms with Crippen LogP contribution >= 0.6 is 34.8 Å². The van der Waals surface area contributed by atoms with Gasteiger partial charge >= 0.3 is 22.2 Å². The first-order valence-corrected chi connectivity index (χ1v) is 20.1. The molecule has 1 amide bonds. The molecule has 0 aliphatic carbocycles. The van der Waals surface area contributed by atoms with Crippen molar-refractivity contribution >= 4 is 87.6 Å². The number of nitrogens with one attached hydrogen (secondary N) is 3. The quantitative estimate of drug-likeness (QED) is 0.163. The lowest BCUT2D eigenvalue weighted by molar-refractivity contribution is -0.151. The van der Waals surface area contributed by atoms with Crippen molar-refractivity contribution in [2.24, 2.45) is 9.39 Å². The lowest BCUT2D eigenvalue weighted by Crippen LogP contribution is -2.78. The number of aliphatic imine (C=N–C) groups is 1. The van der Waals surface area contributed by atoms with Gasteiger partial charge in [-0.2, -0.15) is 13.4 Å². The fourth-order valence-electron chi connectivity index (χ4n) is 6.94. The zero-order chi connectivity index (χ0) is 36.7. The van der Waals surface area contributed by atoms with E-state index in [-0.39, 0.29) is 31.7 Å². The van der Waals surface area contributed by atoms with E-state index in [1.807, 2.05) is 60.7 Å². The van der Waals surface area contributed by atoms with Crippen LogP contribution in [0.1, 0.15) is 34.6 Å². The molecule has 3 aliphatic rings. The monoisotopic (exact) mass is 788 g/mol. The van der Waals surface area contributed by atoms with E-state index in [2.05, 4.69) is 46.1 Å². The highest BCUT2D eigenvalue weighted by atomic mass is 35.6. The highest BCUT2D eigenvalue weighted by molar-refractivity contribution is 7.85. The number of carbonyl (C=O) groups is 2. The maximum absolute atomic E-state index is 13.0. The number of esters is 1. The molecule has 3 saturated heterocycles. The number of hydrogen-bond donors (Lipinski definition) is 4. The zero-order valence-corrected chi connectivity index (χ0v) is 32.0. The predicted octanol–water partition coefficient (Wildman–Crippen LogP) is 1.29. The third-order valence-electron chi connectivity index (χ3n) is 8.80. The molecule has 0 radical (unpaired) electrons. The molecule has 50 heavy (non-hydrogen) atoms. The van der Waals surface area contributed by atoms with Gasteiger partial charge in [0.2, 0.25) is 11.9 Å². The van der Waals surface area contributed by atoms with Crippen LogP contribution in [0, 0.1) is 0 Å². The first-order valence-electron chi connectivity index (χ1n) is 15.7. The van der Waals surface area contributed by atoms with Crippen molar-refractivity contribution in [1.82, 2.24) is 20.9 Å². The van der Waals surface area contributed by atoms with Crippen molar-refractivity contribution in [3.05, 3.63) is 60.7 Å². The van der Waals surface area contributed by atoms with Crippen LogP contribution in [0.5, 0.6) is 0 Å². The number of guanidine groups is 2.